The Morgan fingerprint density at radius 1 is 1.13 bits per heavy atom. The third kappa shape index (κ3) is 4.22. The number of nitrogens with one attached hydrogen (secondary N) is 2. The standard InChI is InChI=1S/C18H21FN2O2/c1-11-7-12(2)18(13(3)8-11)21-17(22)10-20-15-6-5-14(19)9-16(15)23-4/h5-9,20H,10H2,1-4H3,(H,21,22). The molecule has 2 rings (SSSR count). The average molecular weight is 316 g/mol. The minimum Gasteiger partial charge on any atom is -0.494 e. The molecule has 0 radical (unpaired) electrons. The summed E-state index contributed by atoms with van der Waals surface area (Å²) >= 11 is 0. The summed E-state index contributed by atoms with van der Waals surface area (Å²) in [4.78, 5) is 12.2. The van der Waals surface area contributed by atoms with Crippen LogP contribution >= 0.6 is 0 Å². The molecule has 0 heterocycles. The molecule has 122 valence electrons. The van der Waals surface area contributed by atoms with Crippen LogP contribution in [0.1, 0.15) is 16.7 Å². The fourth-order valence-corrected chi connectivity index (χ4v) is 2.55. The van der Waals surface area contributed by atoms with Crippen molar-refractivity contribution < 1.29 is 13.9 Å². The van der Waals surface area contributed by atoms with Gasteiger partial charge >= 0.3 is 0 Å². The summed E-state index contributed by atoms with van der Waals surface area (Å²) in [5.41, 5.74) is 4.60. The minimum atomic E-state index is -0.386. The molecule has 2 aromatic rings. The lowest BCUT2D eigenvalue weighted by molar-refractivity contribution is -0.114. The maximum atomic E-state index is 13.2. The largest absolute Gasteiger partial charge is 0.494 e. The highest BCUT2D eigenvalue weighted by Gasteiger charge is 2.10. The molecule has 4 nitrogen and oxygen atoms in total. The highest BCUT2D eigenvalue weighted by molar-refractivity contribution is 5.95. The second kappa shape index (κ2) is 7.13. The van der Waals surface area contributed by atoms with Crippen molar-refractivity contribution in [3.63, 3.8) is 0 Å². The molecule has 0 bridgehead atoms. The lowest BCUT2D eigenvalue weighted by Crippen LogP contribution is -2.23. The fourth-order valence-electron chi connectivity index (χ4n) is 2.55. The van der Waals surface area contributed by atoms with Gasteiger partial charge in [-0.3, -0.25) is 4.79 Å². The van der Waals surface area contributed by atoms with Crippen LogP contribution in [0, 0.1) is 26.6 Å². The topological polar surface area (TPSA) is 50.4 Å². The molecular formula is C18H21FN2O2. The van der Waals surface area contributed by atoms with Gasteiger partial charge in [0.25, 0.3) is 0 Å². The van der Waals surface area contributed by atoms with Gasteiger partial charge in [-0.25, -0.2) is 4.39 Å². The van der Waals surface area contributed by atoms with Crippen LogP contribution in [0.25, 0.3) is 0 Å². The van der Waals surface area contributed by atoms with Crippen LogP contribution in [0.5, 0.6) is 5.75 Å². The molecule has 2 N–H and O–H groups in total. The Morgan fingerprint density at radius 2 is 1.78 bits per heavy atom. The number of amides is 1. The maximum absolute atomic E-state index is 13.2. The Labute approximate surface area is 135 Å². The number of hydrogen-bond donors (Lipinski definition) is 2. The van der Waals surface area contributed by atoms with Gasteiger partial charge in [0.05, 0.1) is 19.3 Å². The first-order valence-electron chi connectivity index (χ1n) is 7.36. The molecule has 0 saturated heterocycles. The Morgan fingerprint density at radius 3 is 2.39 bits per heavy atom. The van der Waals surface area contributed by atoms with Crippen molar-refractivity contribution in [2.45, 2.75) is 20.8 Å². The van der Waals surface area contributed by atoms with Crippen molar-refractivity contribution in [2.75, 3.05) is 24.3 Å². The van der Waals surface area contributed by atoms with Crippen LogP contribution in [0.4, 0.5) is 15.8 Å². The van der Waals surface area contributed by atoms with E-state index in [1.165, 1.54) is 19.2 Å². The van der Waals surface area contributed by atoms with E-state index in [0.717, 1.165) is 22.4 Å². The van der Waals surface area contributed by atoms with Gasteiger partial charge in [-0.1, -0.05) is 17.7 Å². The molecular weight excluding hydrogens is 295 g/mol. The number of carbonyl (C=O) groups is 1. The smallest absolute Gasteiger partial charge is 0.243 e. The van der Waals surface area contributed by atoms with Gasteiger partial charge in [0.15, 0.2) is 0 Å². The number of methoxy groups -OCH3 is 1. The van der Waals surface area contributed by atoms with Crippen molar-refractivity contribution in [1.29, 1.82) is 0 Å². The number of benzene rings is 2. The van der Waals surface area contributed by atoms with E-state index >= 15 is 0 Å². The third-order valence-corrected chi connectivity index (χ3v) is 3.54. The first kappa shape index (κ1) is 16.8. The highest BCUT2D eigenvalue weighted by atomic mass is 19.1. The monoisotopic (exact) mass is 316 g/mol. The van der Waals surface area contributed by atoms with Gasteiger partial charge in [0.2, 0.25) is 5.91 Å². The molecule has 0 aliphatic rings. The Bertz CT molecular complexity index is 706. The molecule has 1 amide bonds. The van der Waals surface area contributed by atoms with Gasteiger partial charge < -0.3 is 15.4 Å². The molecule has 0 saturated carbocycles. The van der Waals surface area contributed by atoms with Gasteiger partial charge in [-0.2, -0.15) is 0 Å². The number of anilines is 2. The zero-order valence-electron chi connectivity index (χ0n) is 13.8. The van der Waals surface area contributed by atoms with Crippen LogP contribution in [-0.2, 0) is 4.79 Å². The van der Waals surface area contributed by atoms with E-state index < -0.39 is 0 Å². The van der Waals surface area contributed by atoms with Gasteiger partial charge in [-0.05, 0) is 44.0 Å². The molecule has 5 heteroatoms. The number of rotatable bonds is 5. The number of halogens is 1. The lowest BCUT2D eigenvalue weighted by Gasteiger charge is -2.14. The number of ether oxygens (including phenoxy) is 1. The number of aryl methyl sites for hydroxylation is 3. The summed E-state index contributed by atoms with van der Waals surface area (Å²) in [6, 6.07) is 8.19. The molecule has 23 heavy (non-hydrogen) atoms. The van der Waals surface area contributed by atoms with E-state index in [2.05, 4.69) is 10.6 Å². The van der Waals surface area contributed by atoms with Crippen molar-refractivity contribution in [3.8, 4) is 5.75 Å². The first-order chi connectivity index (χ1) is 10.9. The lowest BCUT2D eigenvalue weighted by atomic mass is 10.1. The molecule has 0 spiro atoms. The van der Waals surface area contributed by atoms with Crippen LogP contribution in [0.2, 0.25) is 0 Å². The van der Waals surface area contributed by atoms with Gasteiger partial charge in [0.1, 0.15) is 11.6 Å². The predicted molar refractivity (Wildman–Crippen MR) is 90.7 cm³/mol. The summed E-state index contributed by atoms with van der Waals surface area (Å²) in [5.74, 6) is -0.199. The van der Waals surface area contributed by atoms with Gasteiger partial charge in [-0.15, -0.1) is 0 Å². The maximum Gasteiger partial charge on any atom is 0.243 e. The zero-order valence-corrected chi connectivity index (χ0v) is 13.8. The van der Waals surface area contributed by atoms with Crippen LogP contribution in [0.3, 0.4) is 0 Å². The van der Waals surface area contributed by atoms with Crippen molar-refractivity contribution >= 4 is 17.3 Å². The van der Waals surface area contributed by atoms with Crippen LogP contribution in [-0.4, -0.2) is 19.6 Å². The van der Waals surface area contributed by atoms with E-state index in [1.54, 1.807) is 6.07 Å². The summed E-state index contributed by atoms with van der Waals surface area (Å²) in [6.45, 7) is 6.01. The SMILES string of the molecule is COc1cc(F)ccc1NCC(=O)Nc1c(C)cc(C)cc1C. The zero-order chi connectivity index (χ0) is 17.0. The normalized spacial score (nSPS) is 10.3. The summed E-state index contributed by atoms with van der Waals surface area (Å²) in [7, 11) is 1.46. The summed E-state index contributed by atoms with van der Waals surface area (Å²) in [6.07, 6.45) is 0. The Hall–Kier alpha value is -2.56. The second-order valence-corrected chi connectivity index (χ2v) is 5.52. The van der Waals surface area contributed by atoms with E-state index in [0.29, 0.717) is 11.4 Å². The van der Waals surface area contributed by atoms with E-state index in [-0.39, 0.29) is 18.3 Å². The highest BCUT2D eigenvalue weighted by Crippen LogP contribution is 2.25. The first-order valence-corrected chi connectivity index (χ1v) is 7.36. The predicted octanol–water partition coefficient (Wildman–Crippen LogP) is 3.81. The minimum absolute atomic E-state index is 0.0642. The quantitative estimate of drug-likeness (QED) is 0.882. The Kier molecular flexibility index (Phi) is 5.21. The van der Waals surface area contributed by atoms with Crippen molar-refractivity contribution in [3.05, 3.63) is 52.8 Å². The molecule has 0 aliphatic heterocycles. The van der Waals surface area contributed by atoms with Crippen molar-refractivity contribution in [1.82, 2.24) is 0 Å². The molecule has 0 aliphatic carbocycles. The third-order valence-electron chi connectivity index (χ3n) is 3.54. The molecule has 0 atom stereocenters. The van der Waals surface area contributed by atoms with Crippen LogP contribution < -0.4 is 15.4 Å². The number of hydrogen-bond acceptors (Lipinski definition) is 3. The molecule has 0 aromatic heterocycles. The van der Waals surface area contributed by atoms with E-state index in [1.807, 2.05) is 32.9 Å². The Balaban J connectivity index is 2.04. The number of carbonyl (C=O) groups excluding carboxylic acids is 1. The van der Waals surface area contributed by atoms with E-state index in [9.17, 15) is 9.18 Å². The molecule has 0 unspecified atom stereocenters. The molecule has 0 fully saturated rings. The molecule has 2 aromatic carbocycles. The average Bonchev–Trinajstić information content (AvgIpc) is 2.49. The second-order valence-electron chi connectivity index (χ2n) is 5.52. The summed E-state index contributed by atoms with van der Waals surface area (Å²) in [5, 5.41) is 5.87. The summed E-state index contributed by atoms with van der Waals surface area (Å²) < 4.78 is 18.2. The fraction of sp³-hybridized carbons (Fsp3) is 0.278. The van der Waals surface area contributed by atoms with Crippen molar-refractivity contribution in [2.24, 2.45) is 0 Å². The van der Waals surface area contributed by atoms with E-state index in [4.69, 9.17) is 4.74 Å². The van der Waals surface area contributed by atoms with Gasteiger partial charge in [0, 0.05) is 11.8 Å². The van der Waals surface area contributed by atoms with Crippen LogP contribution in [0.15, 0.2) is 30.3 Å².